The lowest BCUT2D eigenvalue weighted by molar-refractivity contribution is 0.590. The Labute approximate surface area is 145 Å². The molecule has 0 N–H and O–H groups in total. The molecule has 0 fully saturated rings. The topological polar surface area (TPSA) is 3.24 Å². The molecule has 122 valence electrons. The second kappa shape index (κ2) is 6.52. The van der Waals surface area contributed by atoms with Crippen LogP contribution < -0.4 is 4.90 Å². The van der Waals surface area contributed by atoms with E-state index in [9.17, 15) is 0 Å². The Morgan fingerprint density at radius 2 is 1.21 bits per heavy atom. The predicted octanol–water partition coefficient (Wildman–Crippen LogP) is 6.76. The molecule has 0 saturated heterocycles. The maximum absolute atomic E-state index is 2.31. The summed E-state index contributed by atoms with van der Waals surface area (Å²) in [7, 11) is 0. The summed E-state index contributed by atoms with van der Waals surface area (Å²) in [6.07, 6.45) is 0. The van der Waals surface area contributed by atoms with Gasteiger partial charge in [-0.05, 0) is 54.3 Å². The van der Waals surface area contributed by atoms with Crippen molar-refractivity contribution in [1.29, 1.82) is 0 Å². The van der Waals surface area contributed by atoms with Crippen LogP contribution in [0.4, 0.5) is 17.1 Å². The summed E-state index contributed by atoms with van der Waals surface area (Å²) in [4.78, 5) is 2.31. The van der Waals surface area contributed by atoms with Crippen molar-refractivity contribution in [3.63, 3.8) is 0 Å². The minimum absolute atomic E-state index is 0.131. The molecule has 3 rings (SSSR count). The maximum atomic E-state index is 2.31. The number of nitrogens with zero attached hydrogens (tertiary/aromatic N) is 1. The van der Waals surface area contributed by atoms with Crippen LogP contribution >= 0.6 is 0 Å². The number of hydrogen-bond donors (Lipinski definition) is 0. The van der Waals surface area contributed by atoms with E-state index in [1.54, 1.807) is 0 Å². The summed E-state index contributed by atoms with van der Waals surface area (Å²) < 4.78 is 0. The first-order valence-electron chi connectivity index (χ1n) is 8.47. The first-order chi connectivity index (χ1) is 11.4. The quantitative estimate of drug-likeness (QED) is 0.516. The van der Waals surface area contributed by atoms with Crippen LogP contribution in [0.2, 0.25) is 0 Å². The molecule has 1 heteroatoms. The zero-order valence-corrected chi connectivity index (χ0v) is 15.0. The van der Waals surface area contributed by atoms with Crippen molar-refractivity contribution in [2.24, 2.45) is 0 Å². The fraction of sp³-hybridized carbons (Fsp3) is 0.217. The third-order valence-corrected chi connectivity index (χ3v) is 4.28. The van der Waals surface area contributed by atoms with E-state index in [2.05, 4.69) is 111 Å². The van der Waals surface area contributed by atoms with E-state index in [1.807, 2.05) is 0 Å². The van der Waals surface area contributed by atoms with Crippen molar-refractivity contribution >= 4 is 17.1 Å². The van der Waals surface area contributed by atoms with Gasteiger partial charge in [0.15, 0.2) is 0 Å². The SMILES string of the molecule is Cc1ccc(N(c2ccccc2)c2cccc(C(C)(C)C)c2)cc1. The molecular formula is C23H25N. The highest BCUT2D eigenvalue weighted by Crippen LogP contribution is 2.36. The van der Waals surface area contributed by atoms with Crippen LogP contribution in [-0.2, 0) is 5.41 Å². The molecule has 0 saturated carbocycles. The van der Waals surface area contributed by atoms with Crippen LogP contribution in [0, 0.1) is 6.92 Å². The van der Waals surface area contributed by atoms with Gasteiger partial charge in [-0.25, -0.2) is 0 Å². The summed E-state index contributed by atoms with van der Waals surface area (Å²) in [5, 5.41) is 0. The molecule has 1 nitrogen and oxygen atoms in total. The second-order valence-electron chi connectivity index (χ2n) is 7.31. The van der Waals surface area contributed by atoms with E-state index in [4.69, 9.17) is 0 Å². The molecule has 0 heterocycles. The van der Waals surface area contributed by atoms with Gasteiger partial charge in [-0.3, -0.25) is 0 Å². The standard InChI is InChI=1S/C23H25N/c1-18-13-15-21(16-14-18)24(20-10-6-5-7-11-20)22-12-8-9-19(17-22)23(2,3)4/h5-17H,1-4H3. The molecule has 0 spiro atoms. The Morgan fingerprint density at radius 1 is 0.625 bits per heavy atom. The molecule has 0 bridgehead atoms. The van der Waals surface area contributed by atoms with Crippen molar-refractivity contribution < 1.29 is 0 Å². The van der Waals surface area contributed by atoms with E-state index < -0.39 is 0 Å². The summed E-state index contributed by atoms with van der Waals surface area (Å²) in [6.45, 7) is 8.89. The minimum Gasteiger partial charge on any atom is -0.310 e. The van der Waals surface area contributed by atoms with Crippen LogP contribution in [0.25, 0.3) is 0 Å². The second-order valence-corrected chi connectivity index (χ2v) is 7.31. The van der Waals surface area contributed by atoms with Crippen molar-refractivity contribution in [3.05, 3.63) is 90.0 Å². The molecule has 0 amide bonds. The molecule has 24 heavy (non-hydrogen) atoms. The fourth-order valence-electron chi connectivity index (χ4n) is 2.83. The maximum Gasteiger partial charge on any atom is 0.0464 e. The molecule has 0 aliphatic heterocycles. The molecule has 0 aliphatic carbocycles. The molecule has 0 aliphatic rings. The number of hydrogen-bond acceptors (Lipinski definition) is 1. The average Bonchev–Trinajstić information content (AvgIpc) is 2.57. The van der Waals surface area contributed by atoms with Gasteiger partial charge in [-0.1, -0.05) is 68.8 Å². The van der Waals surface area contributed by atoms with Gasteiger partial charge in [-0.2, -0.15) is 0 Å². The van der Waals surface area contributed by atoms with Gasteiger partial charge in [0.05, 0.1) is 0 Å². The first kappa shape index (κ1) is 16.3. The van der Waals surface area contributed by atoms with Crippen LogP contribution in [-0.4, -0.2) is 0 Å². The molecule has 0 radical (unpaired) electrons. The monoisotopic (exact) mass is 315 g/mol. The molecule has 3 aromatic rings. The van der Waals surface area contributed by atoms with Gasteiger partial charge in [-0.15, -0.1) is 0 Å². The lowest BCUT2D eigenvalue weighted by Crippen LogP contribution is -2.14. The summed E-state index contributed by atoms with van der Waals surface area (Å²) >= 11 is 0. The van der Waals surface area contributed by atoms with Crippen molar-refractivity contribution in [2.75, 3.05) is 4.90 Å². The zero-order valence-electron chi connectivity index (χ0n) is 15.0. The summed E-state index contributed by atoms with van der Waals surface area (Å²) in [5.74, 6) is 0. The highest BCUT2D eigenvalue weighted by Gasteiger charge is 2.17. The molecule has 3 aromatic carbocycles. The Balaban J connectivity index is 2.14. The van der Waals surface area contributed by atoms with Gasteiger partial charge in [0.2, 0.25) is 0 Å². The van der Waals surface area contributed by atoms with Crippen LogP contribution in [0.15, 0.2) is 78.9 Å². The Kier molecular flexibility index (Phi) is 4.44. The van der Waals surface area contributed by atoms with Crippen LogP contribution in [0.3, 0.4) is 0 Å². The molecule has 0 unspecified atom stereocenters. The van der Waals surface area contributed by atoms with E-state index in [1.165, 1.54) is 28.2 Å². The van der Waals surface area contributed by atoms with Gasteiger partial charge < -0.3 is 4.90 Å². The highest BCUT2D eigenvalue weighted by molar-refractivity contribution is 5.76. The zero-order chi connectivity index (χ0) is 17.2. The number of rotatable bonds is 3. The Hall–Kier alpha value is -2.54. The summed E-state index contributed by atoms with van der Waals surface area (Å²) in [6, 6.07) is 28.1. The number of anilines is 3. The lowest BCUT2D eigenvalue weighted by atomic mass is 9.87. The normalized spacial score (nSPS) is 11.3. The Bertz CT molecular complexity index is 795. The minimum atomic E-state index is 0.131. The largest absolute Gasteiger partial charge is 0.310 e. The third kappa shape index (κ3) is 3.51. The van der Waals surface area contributed by atoms with Crippen molar-refractivity contribution in [2.45, 2.75) is 33.1 Å². The lowest BCUT2D eigenvalue weighted by Gasteiger charge is -2.28. The van der Waals surface area contributed by atoms with Gasteiger partial charge in [0.25, 0.3) is 0 Å². The van der Waals surface area contributed by atoms with E-state index >= 15 is 0 Å². The molecule has 0 aromatic heterocycles. The van der Waals surface area contributed by atoms with Crippen LogP contribution in [0.1, 0.15) is 31.9 Å². The first-order valence-corrected chi connectivity index (χ1v) is 8.47. The van der Waals surface area contributed by atoms with E-state index in [0.717, 1.165) is 0 Å². The van der Waals surface area contributed by atoms with Crippen LogP contribution in [0.5, 0.6) is 0 Å². The molecular weight excluding hydrogens is 290 g/mol. The van der Waals surface area contributed by atoms with E-state index in [0.29, 0.717) is 0 Å². The predicted molar refractivity (Wildman–Crippen MR) is 105 cm³/mol. The van der Waals surface area contributed by atoms with Gasteiger partial charge >= 0.3 is 0 Å². The number of benzene rings is 3. The van der Waals surface area contributed by atoms with Crippen molar-refractivity contribution in [1.82, 2.24) is 0 Å². The smallest absolute Gasteiger partial charge is 0.0464 e. The van der Waals surface area contributed by atoms with E-state index in [-0.39, 0.29) is 5.41 Å². The number of para-hydroxylation sites is 1. The average molecular weight is 315 g/mol. The molecule has 0 atom stereocenters. The fourth-order valence-corrected chi connectivity index (χ4v) is 2.83. The third-order valence-electron chi connectivity index (χ3n) is 4.28. The highest BCUT2D eigenvalue weighted by atomic mass is 15.1. The summed E-state index contributed by atoms with van der Waals surface area (Å²) in [5.41, 5.74) is 6.29. The van der Waals surface area contributed by atoms with Crippen molar-refractivity contribution in [3.8, 4) is 0 Å². The number of aryl methyl sites for hydroxylation is 1. The Morgan fingerprint density at radius 3 is 1.83 bits per heavy atom. The van der Waals surface area contributed by atoms with Gasteiger partial charge in [0, 0.05) is 17.1 Å². The van der Waals surface area contributed by atoms with Gasteiger partial charge in [0.1, 0.15) is 0 Å².